The molecule has 0 bridgehead atoms. The lowest BCUT2D eigenvalue weighted by Gasteiger charge is -2.36. The molecule has 4 rings (SSSR count). The Morgan fingerprint density at radius 1 is 1.02 bits per heavy atom. The molecule has 18 heteroatoms. The highest BCUT2D eigenvalue weighted by Gasteiger charge is 2.44. The highest BCUT2D eigenvalue weighted by Crippen LogP contribution is 2.61. The van der Waals surface area contributed by atoms with Crippen LogP contribution < -0.4 is 15.5 Å². The smallest absolute Gasteiger partial charge is 0.341 e. The summed E-state index contributed by atoms with van der Waals surface area (Å²) in [6.45, 7) is 6.48. The fourth-order valence-corrected chi connectivity index (χ4v) is 7.43. The molecular weight excluding hydrogens is 674 g/mol. The monoisotopic (exact) mass is 708 g/mol. The normalized spacial score (nSPS) is 14.2. The number of ketones is 1. The van der Waals surface area contributed by atoms with Gasteiger partial charge in [0.05, 0.1) is 23.5 Å². The van der Waals surface area contributed by atoms with E-state index < -0.39 is 39.4 Å². The molecule has 47 heavy (non-hydrogen) atoms. The van der Waals surface area contributed by atoms with Gasteiger partial charge in [-0.15, -0.1) is 0 Å². The molecule has 0 atom stereocenters. The van der Waals surface area contributed by atoms with E-state index in [1.165, 1.54) is 12.3 Å². The van der Waals surface area contributed by atoms with Crippen LogP contribution in [0.3, 0.4) is 0 Å². The first-order valence-corrected chi connectivity index (χ1v) is 18.1. The van der Waals surface area contributed by atoms with Crippen molar-refractivity contribution in [2.24, 2.45) is 0 Å². The van der Waals surface area contributed by atoms with Crippen LogP contribution >= 0.6 is 26.8 Å². The number of rotatable bonds is 15. The highest BCUT2D eigenvalue weighted by atomic mass is 35.5. The number of hydrogen-bond acceptors (Lipinski definition) is 10. The number of piperazine rings is 1. The predicted octanol–water partition coefficient (Wildman–Crippen LogP) is 3.44. The first-order chi connectivity index (χ1) is 22.2. The van der Waals surface area contributed by atoms with Gasteiger partial charge in [-0.25, -0.2) is 9.97 Å². The van der Waals surface area contributed by atoms with Crippen molar-refractivity contribution < 1.29 is 43.0 Å². The Morgan fingerprint density at radius 2 is 1.70 bits per heavy atom. The van der Waals surface area contributed by atoms with E-state index in [0.717, 1.165) is 24.5 Å². The van der Waals surface area contributed by atoms with Gasteiger partial charge in [0.15, 0.2) is 11.2 Å². The van der Waals surface area contributed by atoms with Crippen LogP contribution in [0.1, 0.15) is 6.42 Å². The minimum absolute atomic E-state index is 0.165. The molecule has 1 aromatic heterocycles. The van der Waals surface area contributed by atoms with Gasteiger partial charge in [-0.2, -0.15) is 0 Å². The molecule has 0 aliphatic carbocycles. The number of benzene rings is 2. The molecular formula is C29H35ClN6O9P2. The van der Waals surface area contributed by atoms with E-state index in [0.29, 0.717) is 47.6 Å². The van der Waals surface area contributed by atoms with Crippen LogP contribution in [0.25, 0.3) is 11.3 Å². The van der Waals surface area contributed by atoms with Crippen molar-refractivity contribution in [1.82, 2.24) is 14.9 Å². The average molecular weight is 709 g/mol. The molecule has 1 fully saturated rings. The summed E-state index contributed by atoms with van der Waals surface area (Å²) in [5, 5.41) is 3.92. The predicted molar refractivity (Wildman–Crippen MR) is 178 cm³/mol. The summed E-state index contributed by atoms with van der Waals surface area (Å²) in [5.74, 6) is -0.798. The molecule has 3 aromatic rings. The molecule has 1 saturated heterocycles. The van der Waals surface area contributed by atoms with Gasteiger partial charge in [-0.05, 0) is 36.4 Å². The number of halogens is 1. The Hall–Kier alpha value is -3.49. The molecule has 252 valence electrons. The number of nitrogens with one attached hydrogen (secondary N) is 2. The maximum Gasteiger partial charge on any atom is 0.341 e. The topological polar surface area (TPSA) is 215 Å². The van der Waals surface area contributed by atoms with Crippen molar-refractivity contribution >= 4 is 61.5 Å². The van der Waals surface area contributed by atoms with E-state index in [-0.39, 0.29) is 12.5 Å². The van der Waals surface area contributed by atoms with E-state index in [9.17, 15) is 38.3 Å². The summed E-state index contributed by atoms with van der Waals surface area (Å²) in [4.78, 5) is 73.7. The van der Waals surface area contributed by atoms with Crippen LogP contribution in [0.4, 0.5) is 23.0 Å². The SMILES string of the molecule is C=CC(=O)Nc1cccc(-c2nc(Nc3cccc(N4CCN(CCOCC(=O)CC(P(=O)(O)O)P(=O)(O)O)CC4)c3)ncc2Cl)c1. The fourth-order valence-electron chi connectivity index (χ4n) is 4.78. The number of anilines is 4. The number of Topliss-reactive ketones (excluding diaryl/α,β-unsaturated/α-hetero) is 1. The Bertz CT molecular complexity index is 1670. The van der Waals surface area contributed by atoms with Gasteiger partial charge in [0.2, 0.25) is 11.9 Å². The van der Waals surface area contributed by atoms with E-state index in [2.05, 4.69) is 37.0 Å². The summed E-state index contributed by atoms with van der Waals surface area (Å²) in [7, 11) is -10.3. The molecule has 0 spiro atoms. The molecule has 2 aromatic carbocycles. The summed E-state index contributed by atoms with van der Waals surface area (Å²) >= 11 is 6.42. The van der Waals surface area contributed by atoms with Crippen LogP contribution in [0.2, 0.25) is 5.02 Å². The molecule has 1 aliphatic rings. The Balaban J connectivity index is 1.28. The van der Waals surface area contributed by atoms with E-state index in [1.807, 2.05) is 30.3 Å². The Labute approximate surface area is 275 Å². The number of carbonyl (C=O) groups is 2. The van der Waals surface area contributed by atoms with Gasteiger partial charge in [0.1, 0.15) is 6.61 Å². The van der Waals surface area contributed by atoms with Crippen molar-refractivity contribution in [3.8, 4) is 11.3 Å². The number of ether oxygens (including phenoxy) is 1. The largest absolute Gasteiger partial charge is 0.372 e. The van der Waals surface area contributed by atoms with Crippen molar-refractivity contribution in [3.05, 3.63) is 72.4 Å². The van der Waals surface area contributed by atoms with Crippen molar-refractivity contribution in [1.29, 1.82) is 0 Å². The van der Waals surface area contributed by atoms with E-state index >= 15 is 0 Å². The van der Waals surface area contributed by atoms with Crippen LogP contribution in [0.15, 0.2) is 67.4 Å². The van der Waals surface area contributed by atoms with Crippen molar-refractivity contribution in [2.75, 3.05) is 61.5 Å². The molecule has 0 saturated carbocycles. The highest BCUT2D eigenvalue weighted by molar-refractivity contribution is 7.70. The van der Waals surface area contributed by atoms with Crippen molar-refractivity contribution in [2.45, 2.75) is 11.8 Å². The van der Waals surface area contributed by atoms with E-state index in [4.69, 9.17) is 16.3 Å². The van der Waals surface area contributed by atoms with E-state index in [1.54, 1.807) is 18.2 Å². The quantitative estimate of drug-likeness (QED) is 0.0758. The zero-order valence-electron chi connectivity index (χ0n) is 25.1. The first-order valence-electron chi connectivity index (χ1n) is 14.3. The lowest BCUT2D eigenvalue weighted by molar-refractivity contribution is -0.123. The van der Waals surface area contributed by atoms with Crippen LogP contribution in [-0.2, 0) is 23.5 Å². The van der Waals surface area contributed by atoms with Gasteiger partial charge < -0.3 is 39.8 Å². The zero-order chi connectivity index (χ0) is 34.2. The molecule has 0 unspecified atom stereocenters. The molecule has 0 radical (unpaired) electrons. The average Bonchev–Trinajstić information content (AvgIpc) is 3.02. The lowest BCUT2D eigenvalue weighted by Crippen LogP contribution is -2.47. The summed E-state index contributed by atoms with van der Waals surface area (Å²) in [5.41, 5.74) is 3.51. The third kappa shape index (κ3) is 10.8. The van der Waals surface area contributed by atoms with Gasteiger partial charge in [-0.3, -0.25) is 23.6 Å². The number of amides is 1. The van der Waals surface area contributed by atoms with Crippen LogP contribution in [-0.4, -0.2) is 97.5 Å². The van der Waals surface area contributed by atoms with Gasteiger partial charge in [0, 0.05) is 61.8 Å². The Morgan fingerprint density at radius 3 is 2.38 bits per heavy atom. The fraction of sp³-hybridized carbons (Fsp3) is 0.310. The van der Waals surface area contributed by atoms with Crippen LogP contribution in [0, 0.1) is 0 Å². The maximum absolute atomic E-state index is 12.0. The van der Waals surface area contributed by atoms with Gasteiger partial charge in [-0.1, -0.05) is 36.4 Å². The lowest BCUT2D eigenvalue weighted by atomic mass is 10.1. The van der Waals surface area contributed by atoms with Gasteiger partial charge >= 0.3 is 15.2 Å². The summed E-state index contributed by atoms with van der Waals surface area (Å²) in [6, 6.07) is 14.9. The third-order valence-electron chi connectivity index (χ3n) is 7.17. The number of carbonyl (C=O) groups excluding carboxylic acids is 2. The third-order valence-corrected chi connectivity index (χ3v) is 11.2. The number of nitrogens with zero attached hydrogens (tertiary/aromatic N) is 4. The summed E-state index contributed by atoms with van der Waals surface area (Å²) in [6.07, 6.45) is 1.71. The molecule has 1 aliphatic heterocycles. The maximum atomic E-state index is 12.0. The zero-order valence-corrected chi connectivity index (χ0v) is 27.7. The standard InChI is InChI=1S/C29H35ClN6O9P2/c1-2-26(38)32-21-6-3-5-20(15-21)28-25(30)18-31-29(34-28)33-22-7-4-8-23(16-22)36-11-9-35(10-12-36)13-14-45-19-24(37)17-27(46(39,40)41)47(42,43)44/h2-8,15-16,18,27H,1,9-14,17,19H2,(H,32,38)(H,31,33,34)(H2,39,40,41)(H2,42,43,44). The minimum atomic E-state index is -5.17. The minimum Gasteiger partial charge on any atom is -0.372 e. The number of aromatic nitrogens is 2. The molecule has 1 amide bonds. The summed E-state index contributed by atoms with van der Waals surface area (Å²) < 4.78 is 28.1. The Kier molecular flexibility index (Phi) is 12.4. The second-order valence-corrected chi connectivity index (χ2v) is 15.0. The van der Waals surface area contributed by atoms with Gasteiger partial charge in [0.25, 0.3) is 0 Å². The number of hydrogen-bond donors (Lipinski definition) is 6. The molecule has 2 heterocycles. The second-order valence-electron chi connectivity index (χ2n) is 10.6. The molecule has 6 N–H and O–H groups in total. The molecule has 15 nitrogen and oxygen atoms in total. The second kappa shape index (κ2) is 16.1. The first kappa shape index (κ1) is 36.3. The van der Waals surface area contributed by atoms with Crippen molar-refractivity contribution in [3.63, 3.8) is 0 Å². The van der Waals surface area contributed by atoms with Crippen LogP contribution in [0.5, 0.6) is 0 Å².